The minimum absolute atomic E-state index is 0.0828. The number of methoxy groups -OCH3 is 1. The molecule has 4 rings (SSSR count). The topological polar surface area (TPSA) is 97.1 Å². The Kier molecular flexibility index (Phi) is 5.88. The Morgan fingerprint density at radius 1 is 1.06 bits per heavy atom. The molecule has 1 aliphatic carbocycles. The van der Waals surface area contributed by atoms with Crippen molar-refractivity contribution in [3.05, 3.63) is 54.0 Å². The molecule has 0 spiro atoms. The van der Waals surface area contributed by atoms with E-state index in [1.54, 1.807) is 17.0 Å². The zero-order chi connectivity index (χ0) is 22.0. The van der Waals surface area contributed by atoms with E-state index < -0.39 is 17.9 Å². The Bertz CT molecular complexity index is 976. The van der Waals surface area contributed by atoms with Gasteiger partial charge in [-0.3, -0.25) is 14.4 Å². The minimum Gasteiger partial charge on any atom is -0.465 e. The average molecular weight is 424 g/mol. The molecule has 31 heavy (non-hydrogen) atoms. The Morgan fingerprint density at radius 3 is 2.39 bits per heavy atom. The van der Waals surface area contributed by atoms with Crippen molar-refractivity contribution < 1.29 is 28.3 Å². The van der Waals surface area contributed by atoms with Crippen LogP contribution in [0.4, 0.5) is 5.69 Å². The van der Waals surface area contributed by atoms with Gasteiger partial charge in [-0.25, -0.2) is 9.69 Å². The quantitative estimate of drug-likeness (QED) is 0.540. The SMILES string of the molecule is COC(=O)c1ccc(N2C(=O)CC(N(C(=O)c3ccco3)C3CCCCC3)C2=O)cc1. The first-order valence-electron chi connectivity index (χ1n) is 10.4. The Morgan fingerprint density at radius 2 is 1.77 bits per heavy atom. The minimum atomic E-state index is -0.881. The van der Waals surface area contributed by atoms with Gasteiger partial charge in [-0.2, -0.15) is 0 Å². The zero-order valence-electron chi connectivity index (χ0n) is 17.3. The Labute approximate surface area is 179 Å². The van der Waals surface area contributed by atoms with Gasteiger partial charge in [0, 0.05) is 6.04 Å². The van der Waals surface area contributed by atoms with Crippen LogP contribution in [-0.4, -0.2) is 47.8 Å². The fraction of sp³-hybridized carbons (Fsp3) is 0.391. The molecule has 2 aromatic rings. The third kappa shape index (κ3) is 3.97. The molecular formula is C23H24N2O6. The van der Waals surface area contributed by atoms with Crippen LogP contribution in [-0.2, 0) is 14.3 Å². The summed E-state index contributed by atoms with van der Waals surface area (Å²) >= 11 is 0. The zero-order valence-corrected chi connectivity index (χ0v) is 17.3. The standard InChI is InChI=1S/C23H24N2O6/c1-30-23(29)15-9-11-17(12-10-15)25-20(26)14-18(21(25)27)24(16-6-3-2-4-7-16)22(28)19-8-5-13-31-19/h5,8-13,16,18H,2-4,6-7,14H2,1H3. The molecule has 1 saturated heterocycles. The van der Waals surface area contributed by atoms with Crippen molar-refractivity contribution in [3.8, 4) is 0 Å². The molecule has 2 fully saturated rings. The summed E-state index contributed by atoms with van der Waals surface area (Å²) in [7, 11) is 1.28. The lowest BCUT2D eigenvalue weighted by Crippen LogP contribution is -2.51. The number of hydrogen-bond acceptors (Lipinski definition) is 6. The Hall–Kier alpha value is -3.42. The maximum absolute atomic E-state index is 13.3. The molecule has 0 N–H and O–H groups in total. The van der Waals surface area contributed by atoms with E-state index in [1.165, 1.54) is 37.6 Å². The number of rotatable bonds is 5. The number of furan rings is 1. The summed E-state index contributed by atoms with van der Waals surface area (Å²) in [5, 5.41) is 0. The van der Waals surface area contributed by atoms with Crippen LogP contribution in [0.1, 0.15) is 59.4 Å². The lowest BCUT2D eigenvalue weighted by Gasteiger charge is -2.36. The number of esters is 1. The average Bonchev–Trinajstić information content (AvgIpc) is 3.43. The number of benzene rings is 1. The second-order valence-electron chi connectivity index (χ2n) is 7.81. The summed E-state index contributed by atoms with van der Waals surface area (Å²) in [4.78, 5) is 53.7. The number of nitrogens with zero attached hydrogens (tertiary/aromatic N) is 2. The van der Waals surface area contributed by atoms with Crippen LogP contribution >= 0.6 is 0 Å². The molecule has 2 heterocycles. The van der Waals surface area contributed by atoms with E-state index in [0.29, 0.717) is 11.3 Å². The summed E-state index contributed by atoms with van der Waals surface area (Å²) in [5.74, 6) is -1.54. The van der Waals surface area contributed by atoms with Gasteiger partial charge in [-0.05, 0) is 49.2 Å². The van der Waals surface area contributed by atoms with Crippen LogP contribution in [0.25, 0.3) is 0 Å². The maximum Gasteiger partial charge on any atom is 0.337 e. The number of carbonyl (C=O) groups excluding carboxylic acids is 4. The molecule has 2 aliphatic rings. The van der Waals surface area contributed by atoms with Gasteiger partial charge in [0.1, 0.15) is 6.04 Å². The fourth-order valence-electron chi connectivity index (χ4n) is 4.42. The van der Waals surface area contributed by atoms with E-state index in [1.807, 2.05) is 0 Å². The molecule has 3 amide bonds. The lowest BCUT2D eigenvalue weighted by molar-refractivity contribution is -0.123. The summed E-state index contributed by atoms with van der Waals surface area (Å²) in [6.07, 6.45) is 5.95. The number of anilines is 1. The Balaban J connectivity index is 1.62. The highest BCUT2D eigenvalue weighted by Crippen LogP contribution is 2.32. The van der Waals surface area contributed by atoms with Crippen molar-refractivity contribution in [3.63, 3.8) is 0 Å². The summed E-state index contributed by atoms with van der Waals surface area (Å²) in [6.45, 7) is 0. The van der Waals surface area contributed by atoms with Gasteiger partial charge in [-0.1, -0.05) is 19.3 Å². The molecule has 1 atom stereocenters. The maximum atomic E-state index is 13.3. The number of amides is 3. The highest BCUT2D eigenvalue weighted by atomic mass is 16.5. The van der Waals surface area contributed by atoms with Gasteiger partial charge in [0.25, 0.3) is 11.8 Å². The highest BCUT2D eigenvalue weighted by molar-refractivity contribution is 6.23. The molecule has 162 valence electrons. The van der Waals surface area contributed by atoms with E-state index in [0.717, 1.165) is 37.0 Å². The van der Waals surface area contributed by atoms with Crippen LogP contribution < -0.4 is 4.90 Å². The monoisotopic (exact) mass is 424 g/mol. The van der Waals surface area contributed by atoms with Crippen LogP contribution in [0.15, 0.2) is 47.1 Å². The summed E-state index contributed by atoms with van der Waals surface area (Å²) < 4.78 is 9.98. The van der Waals surface area contributed by atoms with E-state index in [2.05, 4.69) is 4.74 Å². The molecular weight excluding hydrogens is 400 g/mol. The summed E-state index contributed by atoms with van der Waals surface area (Å²) in [6, 6.07) is 8.27. The second-order valence-corrected chi connectivity index (χ2v) is 7.81. The molecule has 0 radical (unpaired) electrons. The molecule has 1 aromatic carbocycles. The fourth-order valence-corrected chi connectivity index (χ4v) is 4.42. The third-order valence-corrected chi connectivity index (χ3v) is 5.94. The first-order chi connectivity index (χ1) is 15.0. The van der Waals surface area contributed by atoms with Gasteiger partial charge < -0.3 is 14.1 Å². The van der Waals surface area contributed by atoms with Gasteiger partial charge >= 0.3 is 5.97 Å². The van der Waals surface area contributed by atoms with Crippen LogP contribution in [0.3, 0.4) is 0 Å². The van der Waals surface area contributed by atoms with E-state index in [9.17, 15) is 19.2 Å². The van der Waals surface area contributed by atoms with Crippen molar-refractivity contribution in [2.75, 3.05) is 12.0 Å². The molecule has 1 unspecified atom stereocenters. The largest absolute Gasteiger partial charge is 0.465 e. The van der Waals surface area contributed by atoms with Crippen molar-refractivity contribution in [1.82, 2.24) is 4.90 Å². The van der Waals surface area contributed by atoms with Gasteiger partial charge in [-0.15, -0.1) is 0 Å². The molecule has 1 aromatic heterocycles. The third-order valence-electron chi connectivity index (χ3n) is 5.94. The lowest BCUT2D eigenvalue weighted by atomic mass is 9.92. The van der Waals surface area contributed by atoms with Gasteiger partial charge in [0.05, 0.1) is 31.0 Å². The molecule has 1 saturated carbocycles. The van der Waals surface area contributed by atoms with Crippen molar-refractivity contribution in [2.45, 2.75) is 50.6 Å². The predicted octanol–water partition coefficient (Wildman–Crippen LogP) is 3.17. The van der Waals surface area contributed by atoms with Crippen molar-refractivity contribution >= 4 is 29.4 Å². The van der Waals surface area contributed by atoms with Crippen molar-refractivity contribution in [2.24, 2.45) is 0 Å². The predicted molar refractivity (Wildman–Crippen MR) is 110 cm³/mol. The number of ether oxygens (including phenoxy) is 1. The van der Waals surface area contributed by atoms with Gasteiger partial charge in [0.2, 0.25) is 5.91 Å². The number of carbonyl (C=O) groups is 4. The number of imide groups is 1. The summed E-state index contributed by atoms with van der Waals surface area (Å²) in [5.41, 5.74) is 0.679. The molecule has 0 bridgehead atoms. The van der Waals surface area contributed by atoms with E-state index in [4.69, 9.17) is 4.42 Å². The van der Waals surface area contributed by atoms with Crippen LogP contribution in [0.5, 0.6) is 0 Å². The normalized spacial score (nSPS) is 19.5. The number of hydrogen-bond donors (Lipinski definition) is 0. The highest BCUT2D eigenvalue weighted by Gasteiger charge is 2.47. The van der Waals surface area contributed by atoms with Crippen molar-refractivity contribution in [1.29, 1.82) is 0 Å². The van der Waals surface area contributed by atoms with Crippen LogP contribution in [0, 0.1) is 0 Å². The van der Waals surface area contributed by atoms with Gasteiger partial charge in [0.15, 0.2) is 5.76 Å². The first-order valence-corrected chi connectivity index (χ1v) is 10.4. The first kappa shape index (κ1) is 20.8. The van der Waals surface area contributed by atoms with Crippen LogP contribution in [0.2, 0.25) is 0 Å². The smallest absolute Gasteiger partial charge is 0.337 e. The molecule has 8 heteroatoms. The van der Waals surface area contributed by atoms with E-state index in [-0.39, 0.29) is 30.0 Å². The molecule has 8 nitrogen and oxygen atoms in total. The van der Waals surface area contributed by atoms with E-state index >= 15 is 0 Å². The second kappa shape index (κ2) is 8.75. The molecule has 1 aliphatic heterocycles.